The van der Waals surface area contributed by atoms with E-state index < -0.39 is 0 Å². The van der Waals surface area contributed by atoms with Crippen molar-refractivity contribution in [2.75, 3.05) is 24.3 Å². The molecule has 4 nitrogen and oxygen atoms in total. The molecule has 2 rings (SSSR count). The number of nitrogens with one attached hydrogen (secondary N) is 1. The molecule has 0 unspecified atom stereocenters. The summed E-state index contributed by atoms with van der Waals surface area (Å²) in [6, 6.07) is 11.7. The van der Waals surface area contributed by atoms with E-state index in [1.165, 1.54) is 11.3 Å². The van der Waals surface area contributed by atoms with Crippen molar-refractivity contribution in [3.05, 3.63) is 47.4 Å². The van der Waals surface area contributed by atoms with Gasteiger partial charge >= 0.3 is 0 Å². The Kier molecular flexibility index (Phi) is 3.76. The number of aryl methyl sites for hydroxylation is 1. The summed E-state index contributed by atoms with van der Waals surface area (Å²) in [6.07, 6.45) is 0. The summed E-state index contributed by atoms with van der Waals surface area (Å²) in [5.41, 5.74) is 3.45. The molecule has 1 aromatic carbocycles. The van der Waals surface area contributed by atoms with Crippen molar-refractivity contribution in [2.24, 2.45) is 0 Å². The molecule has 0 saturated heterocycles. The summed E-state index contributed by atoms with van der Waals surface area (Å²) < 4.78 is 5.32. The Balaban J connectivity index is 2.07. The second-order valence-corrected chi connectivity index (χ2v) is 4.63. The molecule has 19 heavy (non-hydrogen) atoms. The van der Waals surface area contributed by atoms with E-state index in [2.05, 4.69) is 29.3 Å². The largest absolute Gasteiger partial charge is 0.449 e. The number of nitrogens with zero attached hydrogens (tertiary/aromatic N) is 2. The fraction of sp³-hybridized carbons (Fsp3) is 0.267. The second-order valence-electron chi connectivity index (χ2n) is 4.63. The summed E-state index contributed by atoms with van der Waals surface area (Å²) in [4.78, 5) is 2.08. The van der Waals surface area contributed by atoms with Gasteiger partial charge in [-0.2, -0.15) is 5.26 Å². The highest BCUT2D eigenvalue weighted by atomic mass is 16.3. The molecule has 2 aromatic rings. The molecule has 0 aliphatic rings. The van der Waals surface area contributed by atoms with E-state index in [1.54, 1.807) is 6.07 Å². The summed E-state index contributed by atoms with van der Waals surface area (Å²) >= 11 is 0. The number of anilines is 2. The van der Waals surface area contributed by atoms with Gasteiger partial charge in [-0.1, -0.05) is 6.07 Å². The van der Waals surface area contributed by atoms with Crippen LogP contribution in [0.4, 0.5) is 11.4 Å². The predicted octanol–water partition coefficient (Wildman–Crippen LogP) is 3.14. The lowest BCUT2D eigenvalue weighted by atomic mass is 10.1. The van der Waals surface area contributed by atoms with Gasteiger partial charge in [0, 0.05) is 25.5 Å². The molecule has 1 heterocycles. The van der Waals surface area contributed by atoms with Crippen LogP contribution in [0.3, 0.4) is 0 Å². The first-order chi connectivity index (χ1) is 9.10. The molecule has 0 aliphatic heterocycles. The van der Waals surface area contributed by atoms with Gasteiger partial charge in [0.1, 0.15) is 11.8 Å². The number of furan rings is 1. The highest BCUT2D eigenvalue weighted by molar-refractivity contribution is 5.61. The molecular formula is C15H17N3O. The highest BCUT2D eigenvalue weighted by Crippen LogP contribution is 2.23. The van der Waals surface area contributed by atoms with E-state index in [0.717, 1.165) is 11.4 Å². The van der Waals surface area contributed by atoms with Crippen LogP contribution < -0.4 is 10.2 Å². The quantitative estimate of drug-likeness (QED) is 0.911. The third-order valence-corrected chi connectivity index (χ3v) is 2.93. The molecule has 0 saturated carbocycles. The summed E-state index contributed by atoms with van der Waals surface area (Å²) in [5, 5.41) is 12.0. The second kappa shape index (κ2) is 5.49. The molecule has 0 spiro atoms. The van der Waals surface area contributed by atoms with Crippen LogP contribution in [-0.4, -0.2) is 14.1 Å². The zero-order valence-electron chi connectivity index (χ0n) is 11.4. The normalized spacial score (nSPS) is 10.0. The average Bonchev–Trinajstić information content (AvgIpc) is 2.85. The van der Waals surface area contributed by atoms with Crippen molar-refractivity contribution in [1.82, 2.24) is 0 Å². The van der Waals surface area contributed by atoms with Crippen LogP contribution in [0.5, 0.6) is 0 Å². The smallest absolute Gasteiger partial charge is 0.203 e. The standard InChI is InChI=1S/C15H17N3O/c1-11-4-5-12(8-15(11)18(2)3)17-10-14-7-6-13(9-16)19-14/h4-8,17H,10H2,1-3H3. The van der Waals surface area contributed by atoms with E-state index >= 15 is 0 Å². The SMILES string of the molecule is Cc1ccc(NCc2ccc(C#N)o2)cc1N(C)C. The first-order valence-corrected chi connectivity index (χ1v) is 6.11. The Morgan fingerprint density at radius 1 is 1.26 bits per heavy atom. The lowest BCUT2D eigenvalue weighted by molar-refractivity contribution is 0.506. The lowest BCUT2D eigenvalue weighted by Crippen LogP contribution is -2.10. The van der Waals surface area contributed by atoms with Gasteiger partial charge in [-0.15, -0.1) is 0 Å². The molecule has 4 heteroatoms. The van der Waals surface area contributed by atoms with Gasteiger partial charge < -0.3 is 14.6 Å². The molecule has 0 amide bonds. The van der Waals surface area contributed by atoms with Gasteiger partial charge in [0.15, 0.2) is 0 Å². The maximum atomic E-state index is 8.69. The summed E-state index contributed by atoms with van der Waals surface area (Å²) in [6.45, 7) is 2.66. The van der Waals surface area contributed by atoms with Crippen LogP contribution >= 0.6 is 0 Å². The number of rotatable bonds is 4. The molecule has 1 N–H and O–H groups in total. The topological polar surface area (TPSA) is 52.2 Å². The Bertz CT molecular complexity index is 608. The van der Waals surface area contributed by atoms with Crippen LogP contribution in [-0.2, 0) is 6.54 Å². The van der Waals surface area contributed by atoms with Gasteiger partial charge in [-0.25, -0.2) is 0 Å². The third-order valence-electron chi connectivity index (χ3n) is 2.93. The predicted molar refractivity (Wildman–Crippen MR) is 76.3 cm³/mol. The van der Waals surface area contributed by atoms with E-state index in [1.807, 2.05) is 32.3 Å². The zero-order chi connectivity index (χ0) is 13.8. The van der Waals surface area contributed by atoms with Gasteiger partial charge in [-0.3, -0.25) is 0 Å². The Morgan fingerprint density at radius 2 is 2.05 bits per heavy atom. The minimum absolute atomic E-state index is 0.342. The monoisotopic (exact) mass is 255 g/mol. The fourth-order valence-corrected chi connectivity index (χ4v) is 1.92. The van der Waals surface area contributed by atoms with Gasteiger partial charge in [0.05, 0.1) is 6.54 Å². The minimum Gasteiger partial charge on any atom is -0.449 e. The minimum atomic E-state index is 0.342. The van der Waals surface area contributed by atoms with E-state index in [-0.39, 0.29) is 0 Å². The molecule has 0 radical (unpaired) electrons. The van der Waals surface area contributed by atoms with E-state index in [9.17, 15) is 0 Å². The molecule has 0 atom stereocenters. The fourth-order valence-electron chi connectivity index (χ4n) is 1.92. The average molecular weight is 255 g/mol. The Labute approximate surface area is 113 Å². The number of hydrogen-bond acceptors (Lipinski definition) is 4. The van der Waals surface area contributed by atoms with Crippen molar-refractivity contribution in [2.45, 2.75) is 13.5 Å². The molecular weight excluding hydrogens is 238 g/mol. The van der Waals surface area contributed by atoms with Gasteiger partial charge in [0.25, 0.3) is 0 Å². The van der Waals surface area contributed by atoms with Crippen LogP contribution in [0.15, 0.2) is 34.7 Å². The molecule has 0 aliphatic carbocycles. The molecule has 98 valence electrons. The number of nitriles is 1. The summed E-state index contributed by atoms with van der Waals surface area (Å²) in [7, 11) is 4.05. The number of hydrogen-bond donors (Lipinski definition) is 1. The maximum absolute atomic E-state index is 8.69. The molecule has 0 fully saturated rings. The van der Waals surface area contributed by atoms with E-state index in [0.29, 0.717) is 12.3 Å². The Hall–Kier alpha value is -2.41. The van der Waals surface area contributed by atoms with Crippen LogP contribution in [0.25, 0.3) is 0 Å². The van der Waals surface area contributed by atoms with Crippen molar-refractivity contribution in [3.8, 4) is 6.07 Å². The van der Waals surface area contributed by atoms with Gasteiger partial charge in [0.2, 0.25) is 5.76 Å². The maximum Gasteiger partial charge on any atom is 0.203 e. The van der Waals surface area contributed by atoms with Crippen molar-refractivity contribution in [3.63, 3.8) is 0 Å². The van der Waals surface area contributed by atoms with Crippen LogP contribution in [0, 0.1) is 18.3 Å². The molecule has 0 bridgehead atoms. The van der Waals surface area contributed by atoms with Crippen LogP contribution in [0.1, 0.15) is 17.1 Å². The highest BCUT2D eigenvalue weighted by Gasteiger charge is 2.04. The third kappa shape index (κ3) is 3.08. The lowest BCUT2D eigenvalue weighted by Gasteiger charge is -2.17. The number of benzene rings is 1. The summed E-state index contributed by atoms with van der Waals surface area (Å²) in [5.74, 6) is 1.10. The van der Waals surface area contributed by atoms with Crippen molar-refractivity contribution < 1.29 is 4.42 Å². The van der Waals surface area contributed by atoms with Crippen molar-refractivity contribution in [1.29, 1.82) is 5.26 Å². The Morgan fingerprint density at radius 3 is 2.68 bits per heavy atom. The first-order valence-electron chi connectivity index (χ1n) is 6.11. The van der Waals surface area contributed by atoms with E-state index in [4.69, 9.17) is 9.68 Å². The van der Waals surface area contributed by atoms with Gasteiger partial charge in [-0.05, 0) is 36.8 Å². The van der Waals surface area contributed by atoms with Crippen LogP contribution in [0.2, 0.25) is 0 Å². The zero-order valence-corrected chi connectivity index (χ0v) is 11.4. The van der Waals surface area contributed by atoms with Crippen molar-refractivity contribution >= 4 is 11.4 Å². The first kappa shape index (κ1) is 13.0. The molecule has 1 aromatic heterocycles.